The van der Waals surface area contributed by atoms with Gasteiger partial charge in [0.1, 0.15) is 0 Å². The molecule has 94 valence electrons. The zero-order valence-electron chi connectivity index (χ0n) is 10.3. The van der Waals surface area contributed by atoms with E-state index in [1.807, 2.05) is 12.1 Å². The number of hydrogen-bond acceptors (Lipinski definition) is 2. The summed E-state index contributed by atoms with van der Waals surface area (Å²) in [5.41, 5.74) is 1.28. The number of halogens is 1. The van der Waals surface area contributed by atoms with Crippen molar-refractivity contribution < 1.29 is 4.74 Å². The Hall–Kier alpha value is -0.570. The van der Waals surface area contributed by atoms with Crippen molar-refractivity contribution in [1.82, 2.24) is 5.32 Å². The van der Waals surface area contributed by atoms with Gasteiger partial charge in [-0.25, -0.2) is 0 Å². The maximum absolute atomic E-state index is 5.85. The molecule has 1 N–H and O–H groups in total. The highest BCUT2D eigenvalue weighted by molar-refractivity contribution is 6.30. The number of nitrogens with one attached hydrogen (secondary N) is 1. The van der Waals surface area contributed by atoms with Gasteiger partial charge >= 0.3 is 0 Å². The fourth-order valence-electron chi connectivity index (χ4n) is 2.38. The third-order valence-corrected chi connectivity index (χ3v) is 3.65. The topological polar surface area (TPSA) is 21.3 Å². The third-order valence-electron chi connectivity index (χ3n) is 3.40. The average Bonchev–Trinajstić information content (AvgIpc) is 2.79. The van der Waals surface area contributed by atoms with Gasteiger partial charge in [0.25, 0.3) is 0 Å². The summed E-state index contributed by atoms with van der Waals surface area (Å²) >= 11 is 5.85. The Bertz CT molecular complexity index is 339. The highest BCUT2D eigenvalue weighted by Gasteiger charge is 2.25. The molecule has 0 aliphatic carbocycles. The smallest absolute Gasteiger partial charge is 0.0613 e. The lowest BCUT2D eigenvalue weighted by Gasteiger charge is -2.17. The normalized spacial score (nSPS) is 24.1. The van der Waals surface area contributed by atoms with E-state index in [1.54, 1.807) is 0 Å². The van der Waals surface area contributed by atoms with Gasteiger partial charge in [-0.2, -0.15) is 0 Å². The van der Waals surface area contributed by atoms with Crippen molar-refractivity contribution in [2.45, 2.75) is 32.4 Å². The van der Waals surface area contributed by atoms with Gasteiger partial charge in [-0.3, -0.25) is 0 Å². The van der Waals surface area contributed by atoms with Crippen LogP contribution in [0.15, 0.2) is 24.3 Å². The summed E-state index contributed by atoms with van der Waals surface area (Å²) in [4.78, 5) is 0. The lowest BCUT2D eigenvalue weighted by Crippen LogP contribution is -2.27. The van der Waals surface area contributed by atoms with E-state index < -0.39 is 0 Å². The molecule has 2 atom stereocenters. The largest absolute Gasteiger partial charge is 0.378 e. The van der Waals surface area contributed by atoms with E-state index in [-0.39, 0.29) is 0 Å². The molecule has 1 fully saturated rings. The highest BCUT2D eigenvalue weighted by atomic mass is 35.5. The summed E-state index contributed by atoms with van der Waals surface area (Å²) in [6.45, 7) is 5.07. The Kier molecular flexibility index (Phi) is 4.84. The molecule has 0 spiro atoms. The Balaban J connectivity index is 1.74. The van der Waals surface area contributed by atoms with E-state index in [2.05, 4.69) is 24.4 Å². The summed E-state index contributed by atoms with van der Waals surface area (Å²) in [7, 11) is 0. The molecule has 2 nitrogen and oxygen atoms in total. The number of benzene rings is 1. The number of rotatable bonds is 5. The predicted molar refractivity (Wildman–Crippen MR) is 71.3 cm³/mol. The second kappa shape index (κ2) is 6.39. The minimum Gasteiger partial charge on any atom is -0.378 e. The molecule has 0 saturated carbocycles. The van der Waals surface area contributed by atoms with Crippen molar-refractivity contribution in [3.8, 4) is 0 Å². The fourth-order valence-corrected chi connectivity index (χ4v) is 2.51. The summed E-state index contributed by atoms with van der Waals surface area (Å²) in [6, 6.07) is 8.01. The zero-order valence-corrected chi connectivity index (χ0v) is 11.0. The van der Waals surface area contributed by atoms with Crippen LogP contribution in [0.2, 0.25) is 5.02 Å². The monoisotopic (exact) mass is 253 g/mol. The molecule has 1 aromatic rings. The van der Waals surface area contributed by atoms with Gasteiger partial charge in [0.15, 0.2) is 0 Å². The van der Waals surface area contributed by atoms with Crippen molar-refractivity contribution in [3.63, 3.8) is 0 Å². The van der Waals surface area contributed by atoms with Crippen molar-refractivity contribution in [3.05, 3.63) is 34.9 Å². The van der Waals surface area contributed by atoms with Crippen LogP contribution in [0.3, 0.4) is 0 Å². The number of hydrogen-bond donors (Lipinski definition) is 1. The standard InChI is InChI=1S/C14H20ClNO/c1-2-14-12(7-8-17-14)10-16-9-11-3-5-13(15)6-4-11/h3-6,12,14,16H,2,7-10H2,1H3. The molecule has 1 aliphatic rings. The second-order valence-electron chi connectivity index (χ2n) is 4.62. The Morgan fingerprint density at radius 2 is 2.12 bits per heavy atom. The molecule has 3 heteroatoms. The second-order valence-corrected chi connectivity index (χ2v) is 5.06. The van der Waals surface area contributed by atoms with Gasteiger partial charge in [0, 0.05) is 24.7 Å². The highest BCUT2D eigenvalue weighted by Crippen LogP contribution is 2.22. The van der Waals surface area contributed by atoms with E-state index in [4.69, 9.17) is 16.3 Å². The third kappa shape index (κ3) is 3.70. The summed E-state index contributed by atoms with van der Waals surface area (Å²) in [5.74, 6) is 0.673. The van der Waals surface area contributed by atoms with Gasteiger partial charge in [0.05, 0.1) is 6.10 Å². The first-order valence-electron chi connectivity index (χ1n) is 6.36. The van der Waals surface area contributed by atoms with Crippen LogP contribution in [-0.2, 0) is 11.3 Å². The van der Waals surface area contributed by atoms with E-state index in [0.29, 0.717) is 12.0 Å². The van der Waals surface area contributed by atoms with Crippen molar-refractivity contribution >= 4 is 11.6 Å². The summed E-state index contributed by atoms with van der Waals surface area (Å²) in [5, 5.41) is 4.30. The van der Waals surface area contributed by atoms with Gasteiger partial charge in [-0.15, -0.1) is 0 Å². The van der Waals surface area contributed by atoms with E-state index >= 15 is 0 Å². The zero-order chi connectivity index (χ0) is 12.1. The Morgan fingerprint density at radius 3 is 2.82 bits per heavy atom. The summed E-state index contributed by atoms with van der Waals surface area (Å²) in [6.07, 6.45) is 2.76. The molecule has 1 aliphatic heterocycles. The van der Waals surface area contributed by atoms with Crippen LogP contribution in [0.4, 0.5) is 0 Å². The van der Waals surface area contributed by atoms with E-state index in [0.717, 1.165) is 31.1 Å². The molecule has 0 radical (unpaired) electrons. The molecule has 0 amide bonds. The maximum Gasteiger partial charge on any atom is 0.0613 e. The van der Waals surface area contributed by atoms with Gasteiger partial charge in [0.2, 0.25) is 0 Å². The molecular formula is C14H20ClNO. The lowest BCUT2D eigenvalue weighted by molar-refractivity contribution is 0.0872. The predicted octanol–water partition coefficient (Wildman–Crippen LogP) is 3.24. The minimum atomic E-state index is 0.452. The first-order chi connectivity index (χ1) is 8.29. The molecule has 0 bridgehead atoms. The Morgan fingerprint density at radius 1 is 1.35 bits per heavy atom. The molecule has 1 heterocycles. The van der Waals surface area contributed by atoms with Gasteiger partial charge in [-0.1, -0.05) is 30.7 Å². The van der Waals surface area contributed by atoms with Crippen LogP contribution < -0.4 is 5.32 Å². The maximum atomic E-state index is 5.85. The van der Waals surface area contributed by atoms with Crippen LogP contribution in [-0.4, -0.2) is 19.3 Å². The van der Waals surface area contributed by atoms with E-state index in [1.165, 1.54) is 12.0 Å². The van der Waals surface area contributed by atoms with Crippen LogP contribution in [0, 0.1) is 5.92 Å². The van der Waals surface area contributed by atoms with Crippen molar-refractivity contribution in [2.75, 3.05) is 13.2 Å². The first kappa shape index (κ1) is 12.9. The Labute approximate surface area is 108 Å². The summed E-state index contributed by atoms with van der Waals surface area (Å²) < 4.78 is 5.68. The SMILES string of the molecule is CCC1OCCC1CNCc1ccc(Cl)cc1. The first-order valence-corrected chi connectivity index (χ1v) is 6.74. The molecule has 1 aromatic carbocycles. The van der Waals surface area contributed by atoms with Gasteiger partial charge < -0.3 is 10.1 Å². The van der Waals surface area contributed by atoms with Crippen molar-refractivity contribution in [2.24, 2.45) is 5.92 Å². The van der Waals surface area contributed by atoms with Crippen molar-refractivity contribution in [1.29, 1.82) is 0 Å². The minimum absolute atomic E-state index is 0.452. The fraction of sp³-hybridized carbons (Fsp3) is 0.571. The molecule has 2 unspecified atom stereocenters. The van der Waals surface area contributed by atoms with E-state index in [9.17, 15) is 0 Å². The molecule has 17 heavy (non-hydrogen) atoms. The van der Waals surface area contributed by atoms with Crippen LogP contribution in [0.5, 0.6) is 0 Å². The van der Waals surface area contributed by atoms with Crippen LogP contribution >= 0.6 is 11.6 Å². The average molecular weight is 254 g/mol. The number of ether oxygens (including phenoxy) is 1. The van der Waals surface area contributed by atoms with Crippen LogP contribution in [0.1, 0.15) is 25.3 Å². The molecule has 2 rings (SSSR count). The lowest BCUT2D eigenvalue weighted by atomic mass is 9.99. The molecule has 0 aromatic heterocycles. The molecule has 1 saturated heterocycles. The van der Waals surface area contributed by atoms with Crippen LogP contribution in [0.25, 0.3) is 0 Å². The quantitative estimate of drug-likeness (QED) is 0.870. The van der Waals surface area contributed by atoms with Gasteiger partial charge in [-0.05, 0) is 36.5 Å². The molecular weight excluding hydrogens is 234 g/mol.